The minimum Gasteiger partial charge on any atom is -0.344 e. The highest BCUT2D eigenvalue weighted by Gasteiger charge is 2.36. The van der Waals surface area contributed by atoms with E-state index in [1.165, 1.54) is 5.69 Å². The van der Waals surface area contributed by atoms with E-state index in [-0.39, 0.29) is 17.4 Å². The number of benzene rings is 1. The van der Waals surface area contributed by atoms with Gasteiger partial charge in [-0.3, -0.25) is 9.48 Å². The molecular weight excluding hydrogens is 350 g/mol. The summed E-state index contributed by atoms with van der Waals surface area (Å²) in [6.45, 7) is 9.07. The van der Waals surface area contributed by atoms with Crippen molar-refractivity contribution in [3.63, 3.8) is 0 Å². The number of carbonyl (C=O) groups is 1. The zero-order chi connectivity index (χ0) is 19.9. The molecule has 1 atom stereocenters. The topological polar surface area (TPSA) is 64.7 Å². The molecule has 0 saturated heterocycles. The molecule has 1 N–H and O–H groups in total. The number of aromatic nitrogens is 4. The minimum absolute atomic E-state index is 0.0655. The maximum atomic E-state index is 13.0. The number of nitrogens with zero attached hydrogens (tertiary/aromatic N) is 4. The van der Waals surface area contributed by atoms with Gasteiger partial charge in [0.1, 0.15) is 5.69 Å². The highest BCUT2D eigenvalue weighted by atomic mass is 16.2. The van der Waals surface area contributed by atoms with E-state index < -0.39 is 0 Å². The van der Waals surface area contributed by atoms with Gasteiger partial charge < -0.3 is 5.32 Å². The van der Waals surface area contributed by atoms with Crippen LogP contribution < -0.4 is 5.32 Å². The smallest absolute Gasteiger partial charge is 0.270 e. The Morgan fingerprint density at radius 2 is 2.04 bits per heavy atom. The first-order valence-corrected chi connectivity index (χ1v) is 9.85. The van der Waals surface area contributed by atoms with Gasteiger partial charge in [-0.2, -0.15) is 10.2 Å². The third-order valence-corrected chi connectivity index (χ3v) is 5.42. The number of amides is 1. The van der Waals surface area contributed by atoms with E-state index in [1.807, 2.05) is 49.0 Å². The number of rotatable bonds is 4. The summed E-state index contributed by atoms with van der Waals surface area (Å²) in [7, 11) is 0. The average Bonchev–Trinajstić information content (AvgIpc) is 3.24. The number of carbonyl (C=O) groups excluding carboxylic acids is 1. The van der Waals surface area contributed by atoms with Crippen molar-refractivity contribution in [3.8, 4) is 5.69 Å². The zero-order valence-electron chi connectivity index (χ0n) is 16.9. The lowest BCUT2D eigenvalue weighted by Gasteiger charge is -2.36. The van der Waals surface area contributed by atoms with Gasteiger partial charge in [-0.25, -0.2) is 4.68 Å². The lowest BCUT2D eigenvalue weighted by molar-refractivity contribution is 0.0908. The van der Waals surface area contributed by atoms with Crippen molar-refractivity contribution in [2.24, 2.45) is 5.41 Å². The number of para-hydroxylation sites is 1. The lowest BCUT2D eigenvalue weighted by atomic mass is 9.74. The summed E-state index contributed by atoms with van der Waals surface area (Å²) >= 11 is 0. The predicted octanol–water partition coefficient (Wildman–Crippen LogP) is 3.84. The molecule has 1 aromatic carbocycles. The van der Waals surface area contributed by atoms with Crippen LogP contribution in [0.3, 0.4) is 0 Å². The average molecular weight is 377 g/mol. The molecule has 2 aromatic heterocycles. The molecule has 0 saturated carbocycles. The van der Waals surface area contributed by atoms with Gasteiger partial charge in [0, 0.05) is 12.1 Å². The van der Waals surface area contributed by atoms with Gasteiger partial charge >= 0.3 is 0 Å². The molecule has 6 nitrogen and oxygen atoms in total. The molecule has 6 heteroatoms. The zero-order valence-corrected chi connectivity index (χ0v) is 16.9. The Labute approximate surface area is 165 Å². The Bertz CT molecular complexity index is 999. The monoisotopic (exact) mass is 377 g/mol. The van der Waals surface area contributed by atoms with Crippen LogP contribution in [0.1, 0.15) is 60.7 Å². The SMILES string of the molecule is CCn1nc(C)cc1C(=O)N[C@@H]1CC(C)(C)Cc2c1cnn2-c1ccccc1. The van der Waals surface area contributed by atoms with Gasteiger partial charge in [0.2, 0.25) is 0 Å². The molecule has 4 rings (SSSR count). The summed E-state index contributed by atoms with van der Waals surface area (Å²) in [5, 5.41) is 12.3. The largest absolute Gasteiger partial charge is 0.344 e. The molecule has 0 unspecified atom stereocenters. The Morgan fingerprint density at radius 3 is 2.75 bits per heavy atom. The van der Waals surface area contributed by atoms with E-state index in [9.17, 15) is 4.79 Å². The van der Waals surface area contributed by atoms with Crippen LogP contribution in [0, 0.1) is 12.3 Å². The van der Waals surface area contributed by atoms with Gasteiger partial charge in [0.25, 0.3) is 5.91 Å². The van der Waals surface area contributed by atoms with Crippen LogP contribution in [0.4, 0.5) is 0 Å². The highest BCUT2D eigenvalue weighted by Crippen LogP contribution is 2.41. The second-order valence-electron chi connectivity index (χ2n) is 8.35. The van der Waals surface area contributed by atoms with Gasteiger partial charge in [0.15, 0.2) is 0 Å². The fraction of sp³-hybridized carbons (Fsp3) is 0.409. The predicted molar refractivity (Wildman–Crippen MR) is 109 cm³/mol. The Balaban J connectivity index is 1.68. The highest BCUT2D eigenvalue weighted by molar-refractivity contribution is 5.93. The van der Waals surface area contributed by atoms with Gasteiger partial charge in [-0.1, -0.05) is 32.0 Å². The molecular formula is C22H27N5O. The number of fused-ring (bicyclic) bond motifs is 1. The van der Waals surface area contributed by atoms with Crippen LogP contribution in [0.2, 0.25) is 0 Å². The fourth-order valence-corrected chi connectivity index (χ4v) is 4.16. The molecule has 1 aliphatic rings. The van der Waals surface area contributed by atoms with Crippen LogP contribution >= 0.6 is 0 Å². The summed E-state index contributed by atoms with van der Waals surface area (Å²) in [5.74, 6) is -0.0800. The molecule has 0 bridgehead atoms. The van der Waals surface area contributed by atoms with E-state index in [0.717, 1.165) is 29.8 Å². The van der Waals surface area contributed by atoms with Crippen LogP contribution in [0.15, 0.2) is 42.6 Å². The maximum Gasteiger partial charge on any atom is 0.270 e. The minimum atomic E-state index is -0.0800. The van der Waals surface area contributed by atoms with Crippen molar-refractivity contribution in [3.05, 3.63) is 65.2 Å². The molecule has 1 amide bonds. The molecule has 0 aliphatic heterocycles. The lowest BCUT2D eigenvalue weighted by Crippen LogP contribution is -2.37. The summed E-state index contributed by atoms with van der Waals surface area (Å²) in [6, 6.07) is 11.9. The first-order chi connectivity index (χ1) is 13.4. The molecule has 2 heterocycles. The first-order valence-electron chi connectivity index (χ1n) is 9.85. The second-order valence-corrected chi connectivity index (χ2v) is 8.35. The Morgan fingerprint density at radius 1 is 1.29 bits per heavy atom. The Hall–Kier alpha value is -2.89. The maximum absolute atomic E-state index is 13.0. The van der Waals surface area contributed by atoms with Crippen molar-refractivity contribution in [1.29, 1.82) is 0 Å². The van der Waals surface area contributed by atoms with Crippen molar-refractivity contribution < 1.29 is 4.79 Å². The summed E-state index contributed by atoms with van der Waals surface area (Å²) in [4.78, 5) is 13.0. The van der Waals surface area contributed by atoms with E-state index >= 15 is 0 Å². The van der Waals surface area contributed by atoms with Crippen molar-refractivity contribution in [1.82, 2.24) is 24.9 Å². The number of hydrogen-bond acceptors (Lipinski definition) is 3. The molecule has 0 spiro atoms. The third-order valence-electron chi connectivity index (χ3n) is 5.42. The molecule has 0 radical (unpaired) electrons. The van der Waals surface area contributed by atoms with Gasteiger partial charge in [0.05, 0.1) is 29.3 Å². The van der Waals surface area contributed by atoms with Crippen LogP contribution in [0.5, 0.6) is 0 Å². The quantitative estimate of drug-likeness (QED) is 0.751. The first kappa shape index (κ1) is 18.5. The Kier molecular flexibility index (Phi) is 4.57. The van der Waals surface area contributed by atoms with Gasteiger partial charge in [-0.15, -0.1) is 0 Å². The van der Waals surface area contributed by atoms with Crippen molar-refractivity contribution >= 4 is 5.91 Å². The standard InChI is InChI=1S/C22H27N5O/c1-5-26-19(11-15(2)25-26)21(28)24-18-12-22(3,4)13-20-17(18)14-23-27(20)16-9-7-6-8-10-16/h6-11,14,18H,5,12-13H2,1-4H3,(H,24,28)/t18-/m1/s1. The molecule has 3 aromatic rings. The summed E-state index contributed by atoms with van der Waals surface area (Å²) < 4.78 is 3.77. The van der Waals surface area contributed by atoms with Crippen LogP contribution in [0.25, 0.3) is 5.69 Å². The third kappa shape index (κ3) is 3.35. The fourth-order valence-electron chi connectivity index (χ4n) is 4.16. The number of nitrogens with one attached hydrogen (secondary N) is 1. The van der Waals surface area contributed by atoms with E-state index in [2.05, 4.69) is 41.5 Å². The molecule has 0 fully saturated rings. The van der Waals surface area contributed by atoms with Gasteiger partial charge in [-0.05, 0) is 50.3 Å². The van der Waals surface area contributed by atoms with Crippen LogP contribution in [-0.4, -0.2) is 25.5 Å². The van der Waals surface area contributed by atoms with Crippen molar-refractivity contribution in [2.75, 3.05) is 0 Å². The summed E-state index contributed by atoms with van der Waals surface area (Å²) in [6.07, 6.45) is 3.71. The normalized spacial score (nSPS) is 17.9. The van der Waals surface area contributed by atoms with Crippen molar-refractivity contribution in [2.45, 2.75) is 53.1 Å². The second kappa shape index (κ2) is 6.93. The van der Waals surface area contributed by atoms with Crippen LogP contribution in [-0.2, 0) is 13.0 Å². The summed E-state index contributed by atoms with van der Waals surface area (Å²) in [5.41, 5.74) is 4.86. The number of aryl methyl sites for hydroxylation is 2. The molecule has 146 valence electrons. The molecule has 28 heavy (non-hydrogen) atoms. The van der Waals surface area contributed by atoms with E-state index in [4.69, 9.17) is 0 Å². The number of hydrogen-bond donors (Lipinski definition) is 1. The van der Waals surface area contributed by atoms with E-state index in [1.54, 1.807) is 4.68 Å². The molecule has 1 aliphatic carbocycles. The van der Waals surface area contributed by atoms with E-state index in [0.29, 0.717) is 12.2 Å².